The summed E-state index contributed by atoms with van der Waals surface area (Å²) in [5.74, 6) is 0.960. The molecular weight excluding hydrogens is 328 g/mol. The highest BCUT2D eigenvalue weighted by atomic mass is 16.7. The highest BCUT2D eigenvalue weighted by Gasteiger charge is 2.20. The van der Waals surface area contributed by atoms with Gasteiger partial charge in [-0.15, -0.1) is 0 Å². The number of hydrogen-bond acceptors (Lipinski definition) is 9. The quantitative estimate of drug-likeness (QED) is 0.715. The van der Waals surface area contributed by atoms with E-state index >= 15 is 0 Å². The zero-order valence-electron chi connectivity index (χ0n) is 13.5. The number of fused-ring (bicyclic) bond motifs is 2. The van der Waals surface area contributed by atoms with E-state index in [9.17, 15) is 4.79 Å². The van der Waals surface area contributed by atoms with E-state index in [1.54, 1.807) is 26.0 Å². The first-order valence-electron chi connectivity index (χ1n) is 7.63. The molecule has 0 aliphatic carbocycles. The lowest BCUT2D eigenvalue weighted by Gasteiger charge is -2.09. The van der Waals surface area contributed by atoms with Crippen LogP contribution in [0, 0.1) is 6.92 Å². The molecule has 3 heterocycles. The first-order chi connectivity index (χ1) is 12.2. The molecule has 128 valence electrons. The highest BCUT2D eigenvalue weighted by molar-refractivity contribution is 5.94. The maximum atomic E-state index is 12.0. The molecule has 9 heteroatoms. The number of rotatable bonds is 4. The number of esters is 1. The van der Waals surface area contributed by atoms with Gasteiger partial charge in [-0.3, -0.25) is 0 Å². The first-order valence-corrected chi connectivity index (χ1v) is 7.63. The number of anilines is 2. The fraction of sp³-hybridized carbons (Fsp3) is 0.250. The average molecular weight is 342 g/mol. The summed E-state index contributed by atoms with van der Waals surface area (Å²) in [5.41, 5.74) is 1.52. The molecule has 0 atom stereocenters. The predicted molar refractivity (Wildman–Crippen MR) is 86.1 cm³/mol. The Morgan fingerprint density at radius 1 is 1.28 bits per heavy atom. The minimum absolute atomic E-state index is 0.103. The number of benzene rings is 1. The third-order valence-electron chi connectivity index (χ3n) is 3.60. The second-order valence-electron chi connectivity index (χ2n) is 5.26. The van der Waals surface area contributed by atoms with Gasteiger partial charge < -0.3 is 24.1 Å². The summed E-state index contributed by atoms with van der Waals surface area (Å²) >= 11 is 0. The van der Waals surface area contributed by atoms with Gasteiger partial charge >= 0.3 is 5.97 Å². The number of ether oxygens (including phenoxy) is 3. The summed E-state index contributed by atoms with van der Waals surface area (Å²) in [6.45, 7) is 3.89. The van der Waals surface area contributed by atoms with Crippen molar-refractivity contribution in [2.24, 2.45) is 0 Å². The zero-order valence-corrected chi connectivity index (χ0v) is 13.5. The molecule has 3 aromatic rings. The number of aromatic nitrogens is 3. The van der Waals surface area contributed by atoms with Crippen LogP contribution in [0.2, 0.25) is 0 Å². The van der Waals surface area contributed by atoms with Crippen molar-refractivity contribution in [2.45, 2.75) is 13.8 Å². The van der Waals surface area contributed by atoms with Crippen LogP contribution >= 0.6 is 0 Å². The van der Waals surface area contributed by atoms with E-state index in [-0.39, 0.29) is 24.9 Å². The van der Waals surface area contributed by atoms with Crippen LogP contribution in [0.5, 0.6) is 11.5 Å². The molecule has 0 saturated heterocycles. The minimum atomic E-state index is -0.632. The highest BCUT2D eigenvalue weighted by Crippen LogP contribution is 2.36. The van der Waals surface area contributed by atoms with Gasteiger partial charge in [0.05, 0.1) is 12.3 Å². The maximum absolute atomic E-state index is 12.0. The zero-order chi connectivity index (χ0) is 17.4. The SMILES string of the molecule is CCOC(=O)c1nc(Nc2ccc3c(c2)OCO3)c2c(C)noc2n1. The lowest BCUT2D eigenvalue weighted by molar-refractivity contribution is 0.0512. The van der Waals surface area contributed by atoms with Crippen LogP contribution in [-0.2, 0) is 4.74 Å². The lowest BCUT2D eigenvalue weighted by Crippen LogP contribution is -2.11. The van der Waals surface area contributed by atoms with Crippen LogP contribution < -0.4 is 14.8 Å². The molecule has 0 spiro atoms. The van der Waals surface area contributed by atoms with Gasteiger partial charge in [-0.05, 0) is 26.0 Å². The molecular formula is C16H14N4O5. The van der Waals surface area contributed by atoms with Gasteiger partial charge in [0.25, 0.3) is 5.71 Å². The molecule has 0 saturated carbocycles. The van der Waals surface area contributed by atoms with E-state index < -0.39 is 5.97 Å². The normalized spacial score (nSPS) is 12.4. The Morgan fingerprint density at radius 3 is 2.96 bits per heavy atom. The number of carbonyl (C=O) groups excluding carboxylic acids is 1. The Morgan fingerprint density at radius 2 is 2.12 bits per heavy atom. The molecule has 0 unspecified atom stereocenters. The van der Waals surface area contributed by atoms with E-state index in [4.69, 9.17) is 18.7 Å². The second-order valence-corrected chi connectivity index (χ2v) is 5.26. The molecule has 0 fully saturated rings. The Labute approximate surface area is 141 Å². The third-order valence-corrected chi connectivity index (χ3v) is 3.60. The van der Waals surface area contributed by atoms with Crippen molar-refractivity contribution in [1.82, 2.24) is 15.1 Å². The minimum Gasteiger partial charge on any atom is -0.460 e. The van der Waals surface area contributed by atoms with Crippen LogP contribution in [0.4, 0.5) is 11.5 Å². The largest absolute Gasteiger partial charge is 0.460 e. The van der Waals surface area contributed by atoms with Crippen LogP contribution in [0.15, 0.2) is 22.7 Å². The van der Waals surface area contributed by atoms with Crippen molar-refractivity contribution in [2.75, 3.05) is 18.7 Å². The standard InChI is InChI=1S/C16H14N4O5/c1-3-22-16(21)14-18-13(12-8(2)20-25-15(12)19-14)17-9-4-5-10-11(6-9)24-7-23-10/h4-6H,3,7H2,1-2H3,(H,17,18,19). The topological polar surface area (TPSA) is 109 Å². The van der Waals surface area contributed by atoms with E-state index in [0.717, 1.165) is 0 Å². The summed E-state index contributed by atoms with van der Waals surface area (Å²) in [5, 5.41) is 7.62. The van der Waals surface area contributed by atoms with Crippen LogP contribution in [-0.4, -0.2) is 34.5 Å². The smallest absolute Gasteiger partial charge is 0.376 e. The molecule has 1 aliphatic heterocycles. The average Bonchev–Trinajstić information content (AvgIpc) is 3.21. The molecule has 1 aromatic carbocycles. The molecule has 1 N–H and O–H groups in total. The van der Waals surface area contributed by atoms with Crippen molar-refractivity contribution in [1.29, 1.82) is 0 Å². The van der Waals surface area contributed by atoms with Gasteiger partial charge in [0.15, 0.2) is 11.5 Å². The molecule has 0 radical (unpaired) electrons. The Balaban J connectivity index is 1.76. The summed E-state index contributed by atoms with van der Waals surface area (Å²) < 4.78 is 20.8. The molecule has 2 aromatic heterocycles. The number of aryl methyl sites for hydroxylation is 1. The number of hydrogen-bond donors (Lipinski definition) is 1. The molecule has 0 bridgehead atoms. The van der Waals surface area contributed by atoms with Gasteiger partial charge in [-0.2, -0.15) is 4.98 Å². The van der Waals surface area contributed by atoms with Crippen LogP contribution in [0.3, 0.4) is 0 Å². The van der Waals surface area contributed by atoms with E-state index in [2.05, 4.69) is 20.4 Å². The second kappa shape index (κ2) is 5.93. The lowest BCUT2D eigenvalue weighted by atomic mass is 10.2. The van der Waals surface area contributed by atoms with E-state index in [1.807, 2.05) is 6.07 Å². The fourth-order valence-corrected chi connectivity index (χ4v) is 2.48. The molecule has 25 heavy (non-hydrogen) atoms. The molecule has 0 amide bonds. The Bertz CT molecular complexity index is 969. The monoisotopic (exact) mass is 342 g/mol. The third kappa shape index (κ3) is 2.69. The summed E-state index contributed by atoms with van der Waals surface area (Å²) in [6.07, 6.45) is 0. The number of nitrogens with one attached hydrogen (secondary N) is 1. The van der Waals surface area contributed by atoms with Crippen molar-refractivity contribution in [3.05, 3.63) is 29.7 Å². The number of carbonyl (C=O) groups is 1. The van der Waals surface area contributed by atoms with Crippen molar-refractivity contribution >= 4 is 28.6 Å². The summed E-state index contributed by atoms with van der Waals surface area (Å²) in [4.78, 5) is 20.3. The maximum Gasteiger partial charge on any atom is 0.376 e. The molecule has 4 rings (SSSR count). The summed E-state index contributed by atoms with van der Waals surface area (Å²) in [7, 11) is 0. The fourth-order valence-electron chi connectivity index (χ4n) is 2.48. The summed E-state index contributed by atoms with van der Waals surface area (Å²) in [6, 6.07) is 5.38. The Kier molecular flexibility index (Phi) is 3.60. The van der Waals surface area contributed by atoms with Crippen molar-refractivity contribution in [3.8, 4) is 11.5 Å². The van der Waals surface area contributed by atoms with Gasteiger partial charge in [0, 0.05) is 11.8 Å². The molecule has 1 aliphatic rings. The van der Waals surface area contributed by atoms with Crippen molar-refractivity contribution < 1.29 is 23.5 Å². The predicted octanol–water partition coefficient (Wildman–Crippen LogP) is 2.58. The van der Waals surface area contributed by atoms with Gasteiger partial charge in [0.2, 0.25) is 12.6 Å². The van der Waals surface area contributed by atoms with Gasteiger partial charge in [0.1, 0.15) is 11.2 Å². The van der Waals surface area contributed by atoms with E-state index in [0.29, 0.717) is 34.1 Å². The van der Waals surface area contributed by atoms with E-state index in [1.165, 1.54) is 0 Å². The first kappa shape index (κ1) is 15.2. The van der Waals surface area contributed by atoms with Crippen LogP contribution in [0.25, 0.3) is 11.1 Å². The Hall–Kier alpha value is -3.36. The van der Waals surface area contributed by atoms with Gasteiger partial charge in [-0.25, -0.2) is 9.78 Å². The number of nitrogens with zero attached hydrogens (tertiary/aromatic N) is 3. The van der Waals surface area contributed by atoms with Gasteiger partial charge in [-0.1, -0.05) is 5.16 Å². The van der Waals surface area contributed by atoms with Crippen LogP contribution in [0.1, 0.15) is 23.2 Å². The van der Waals surface area contributed by atoms with Crippen molar-refractivity contribution in [3.63, 3.8) is 0 Å². The molecule has 9 nitrogen and oxygen atoms in total.